The van der Waals surface area contributed by atoms with Crippen LogP contribution in [0.5, 0.6) is 0 Å². The van der Waals surface area contributed by atoms with Gasteiger partial charge in [-0.2, -0.15) is 0 Å². The molecular weight excluding hydrogens is 241 g/mol. The zero-order chi connectivity index (χ0) is 12.1. The van der Waals surface area contributed by atoms with Crippen LogP contribution in [0, 0.1) is 0 Å². The predicted molar refractivity (Wildman–Crippen MR) is 72.6 cm³/mol. The van der Waals surface area contributed by atoms with E-state index in [1.807, 2.05) is 18.2 Å². The van der Waals surface area contributed by atoms with Crippen LogP contribution in [0.3, 0.4) is 0 Å². The van der Waals surface area contributed by atoms with Gasteiger partial charge in [-0.15, -0.1) is 0 Å². The number of hydrogen-bond donors (Lipinski definition) is 1. The maximum atomic E-state index is 6.18. The third kappa shape index (κ3) is 3.65. The lowest BCUT2D eigenvalue weighted by atomic mass is 9.94. The lowest BCUT2D eigenvalue weighted by molar-refractivity contribution is 0.481. The van der Waals surface area contributed by atoms with Gasteiger partial charge in [0.25, 0.3) is 0 Å². The number of hydrogen-bond acceptors (Lipinski definition) is 1. The molecule has 1 nitrogen and oxygen atoms in total. The van der Waals surface area contributed by atoms with Crippen LogP contribution in [0.4, 0.5) is 0 Å². The molecule has 0 aliphatic carbocycles. The summed E-state index contributed by atoms with van der Waals surface area (Å²) in [4.78, 5) is 0. The highest BCUT2D eigenvalue weighted by atomic mass is 35.5. The van der Waals surface area contributed by atoms with Gasteiger partial charge in [-0.1, -0.05) is 37.0 Å². The van der Waals surface area contributed by atoms with Crippen molar-refractivity contribution < 1.29 is 0 Å². The molecule has 1 aromatic carbocycles. The van der Waals surface area contributed by atoms with Crippen LogP contribution in [0.2, 0.25) is 10.0 Å². The Labute approximate surface area is 108 Å². The van der Waals surface area contributed by atoms with E-state index < -0.39 is 0 Å². The molecular formula is C13H19Cl2N. The van der Waals surface area contributed by atoms with Gasteiger partial charge in [-0.05, 0) is 49.6 Å². The normalized spacial score (nSPS) is 14.8. The van der Waals surface area contributed by atoms with E-state index in [9.17, 15) is 0 Å². The molecule has 2 atom stereocenters. The van der Waals surface area contributed by atoms with Crippen LogP contribution in [0.25, 0.3) is 0 Å². The molecule has 0 aliphatic rings. The molecule has 0 heterocycles. The molecule has 0 saturated carbocycles. The first kappa shape index (κ1) is 13.8. The molecule has 0 aromatic heterocycles. The maximum absolute atomic E-state index is 6.18. The number of rotatable bonds is 5. The summed E-state index contributed by atoms with van der Waals surface area (Å²) in [5.74, 6) is 0.359. The quantitative estimate of drug-likeness (QED) is 0.822. The van der Waals surface area contributed by atoms with Crippen LogP contribution in [-0.2, 0) is 0 Å². The lowest BCUT2D eigenvalue weighted by Crippen LogP contribution is -2.31. The molecule has 0 aliphatic heterocycles. The highest BCUT2D eigenvalue weighted by Gasteiger charge is 2.16. The Balaban J connectivity index is 2.78. The molecule has 0 amide bonds. The van der Waals surface area contributed by atoms with Crippen molar-refractivity contribution in [3.05, 3.63) is 33.8 Å². The van der Waals surface area contributed by atoms with Crippen molar-refractivity contribution in [2.45, 2.75) is 39.2 Å². The third-order valence-electron chi connectivity index (χ3n) is 2.91. The van der Waals surface area contributed by atoms with Crippen molar-refractivity contribution >= 4 is 23.2 Å². The molecule has 1 rings (SSSR count). The first-order chi connectivity index (χ1) is 7.56. The van der Waals surface area contributed by atoms with Gasteiger partial charge < -0.3 is 5.32 Å². The molecule has 0 saturated heterocycles. The zero-order valence-electron chi connectivity index (χ0n) is 10.1. The molecule has 0 radical (unpaired) electrons. The minimum atomic E-state index is 0.359. The van der Waals surface area contributed by atoms with E-state index in [2.05, 4.69) is 26.1 Å². The molecule has 16 heavy (non-hydrogen) atoms. The van der Waals surface area contributed by atoms with Gasteiger partial charge in [-0.3, -0.25) is 0 Å². The van der Waals surface area contributed by atoms with Gasteiger partial charge in [0.15, 0.2) is 0 Å². The van der Waals surface area contributed by atoms with Gasteiger partial charge >= 0.3 is 0 Å². The minimum Gasteiger partial charge on any atom is -0.314 e. The minimum absolute atomic E-state index is 0.359. The molecule has 0 bridgehead atoms. The van der Waals surface area contributed by atoms with Crippen LogP contribution in [0.1, 0.15) is 38.7 Å². The van der Waals surface area contributed by atoms with Gasteiger partial charge in [0, 0.05) is 16.1 Å². The van der Waals surface area contributed by atoms with E-state index in [0.717, 1.165) is 28.6 Å². The van der Waals surface area contributed by atoms with Crippen molar-refractivity contribution in [2.24, 2.45) is 0 Å². The molecule has 0 fully saturated rings. The van der Waals surface area contributed by atoms with E-state index in [4.69, 9.17) is 23.2 Å². The zero-order valence-corrected chi connectivity index (χ0v) is 11.6. The maximum Gasteiger partial charge on any atom is 0.0442 e. The fraction of sp³-hybridized carbons (Fsp3) is 0.538. The average Bonchev–Trinajstić information content (AvgIpc) is 2.28. The van der Waals surface area contributed by atoms with Crippen LogP contribution in [0.15, 0.2) is 18.2 Å². The topological polar surface area (TPSA) is 12.0 Å². The number of nitrogens with one attached hydrogen (secondary N) is 1. The highest BCUT2D eigenvalue weighted by Crippen LogP contribution is 2.29. The molecule has 3 heteroatoms. The largest absolute Gasteiger partial charge is 0.314 e. The fourth-order valence-electron chi connectivity index (χ4n) is 1.68. The van der Waals surface area contributed by atoms with Crippen molar-refractivity contribution in [3.63, 3.8) is 0 Å². The van der Waals surface area contributed by atoms with E-state index in [-0.39, 0.29) is 0 Å². The van der Waals surface area contributed by atoms with Crippen LogP contribution < -0.4 is 5.32 Å². The van der Waals surface area contributed by atoms with Gasteiger partial charge in [0.2, 0.25) is 0 Å². The van der Waals surface area contributed by atoms with Gasteiger partial charge in [0.1, 0.15) is 0 Å². The monoisotopic (exact) mass is 259 g/mol. The summed E-state index contributed by atoms with van der Waals surface area (Å²) in [6, 6.07) is 6.04. The first-order valence-electron chi connectivity index (χ1n) is 5.74. The van der Waals surface area contributed by atoms with E-state index in [1.54, 1.807) is 0 Å². The second kappa shape index (κ2) is 6.48. The van der Waals surface area contributed by atoms with E-state index in [1.165, 1.54) is 0 Å². The van der Waals surface area contributed by atoms with Gasteiger partial charge in [-0.25, -0.2) is 0 Å². The summed E-state index contributed by atoms with van der Waals surface area (Å²) in [5.41, 5.74) is 1.12. The van der Waals surface area contributed by atoms with Crippen molar-refractivity contribution in [1.82, 2.24) is 5.32 Å². The Morgan fingerprint density at radius 1 is 1.25 bits per heavy atom. The van der Waals surface area contributed by atoms with Crippen molar-refractivity contribution in [3.8, 4) is 0 Å². The first-order valence-corrected chi connectivity index (χ1v) is 6.50. The molecule has 1 aromatic rings. The Kier molecular flexibility index (Phi) is 5.60. The second-order valence-corrected chi connectivity index (χ2v) is 5.04. The van der Waals surface area contributed by atoms with Gasteiger partial charge in [0.05, 0.1) is 0 Å². The Hall–Kier alpha value is -0.240. The summed E-state index contributed by atoms with van der Waals surface area (Å²) in [5, 5.41) is 5.01. The SMILES string of the molecule is CCCNC(C)C(C)c1cc(Cl)ccc1Cl. The second-order valence-electron chi connectivity index (χ2n) is 4.20. The smallest absolute Gasteiger partial charge is 0.0442 e. The Bertz CT molecular complexity index is 339. The van der Waals surface area contributed by atoms with Crippen LogP contribution in [-0.4, -0.2) is 12.6 Å². The predicted octanol–water partition coefficient (Wildman–Crippen LogP) is 4.49. The summed E-state index contributed by atoms with van der Waals surface area (Å²) in [6.45, 7) is 7.54. The van der Waals surface area contributed by atoms with Crippen LogP contribution >= 0.6 is 23.2 Å². The summed E-state index contributed by atoms with van der Waals surface area (Å²) in [6.07, 6.45) is 1.14. The van der Waals surface area contributed by atoms with Crippen molar-refractivity contribution in [2.75, 3.05) is 6.54 Å². The summed E-state index contributed by atoms with van der Waals surface area (Å²) >= 11 is 12.2. The average molecular weight is 260 g/mol. The summed E-state index contributed by atoms with van der Waals surface area (Å²) < 4.78 is 0. The molecule has 2 unspecified atom stereocenters. The van der Waals surface area contributed by atoms with Crippen molar-refractivity contribution in [1.29, 1.82) is 0 Å². The number of halogens is 2. The van der Waals surface area contributed by atoms with E-state index >= 15 is 0 Å². The fourth-order valence-corrected chi connectivity index (χ4v) is 2.15. The molecule has 1 N–H and O–H groups in total. The highest BCUT2D eigenvalue weighted by molar-refractivity contribution is 6.33. The lowest BCUT2D eigenvalue weighted by Gasteiger charge is -2.22. The standard InChI is InChI=1S/C13H19Cl2N/c1-4-7-16-10(3)9(2)12-8-11(14)5-6-13(12)15/h5-6,8-10,16H,4,7H2,1-3H3. The Morgan fingerprint density at radius 3 is 2.56 bits per heavy atom. The molecule has 0 spiro atoms. The summed E-state index contributed by atoms with van der Waals surface area (Å²) in [7, 11) is 0. The molecule has 90 valence electrons. The Morgan fingerprint density at radius 2 is 1.94 bits per heavy atom. The third-order valence-corrected chi connectivity index (χ3v) is 3.49. The number of benzene rings is 1. The van der Waals surface area contributed by atoms with E-state index in [0.29, 0.717) is 12.0 Å².